The van der Waals surface area contributed by atoms with Gasteiger partial charge in [0.2, 0.25) is 0 Å². The van der Waals surface area contributed by atoms with Crippen molar-refractivity contribution in [2.75, 3.05) is 5.32 Å². The highest BCUT2D eigenvalue weighted by Crippen LogP contribution is 2.29. The third-order valence-corrected chi connectivity index (χ3v) is 3.29. The fourth-order valence-corrected chi connectivity index (χ4v) is 2.16. The van der Waals surface area contributed by atoms with Crippen molar-refractivity contribution in [1.82, 2.24) is 4.98 Å². The third-order valence-electron chi connectivity index (χ3n) is 2.58. The Morgan fingerprint density at radius 2 is 1.95 bits per heavy atom. The summed E-state index contributed by atoms with van der Waals surface area (Å²) < 4.78 is 38.1. The lowest BCUT2D eigenvalue weighted by molar-refractivity contribution is -0.141. The van der Waals surface area contributed by atoms with Gasteiger partial charge in [0, 0.05) is 15.7 Å². The number of anilines is 2. The molecule has 110 valence electrons. The number of alkyl halides is 3. The van der Waals surface area contributed by atoms with Crippen LogP contribution in [0.3, 0.4) is 0 Å². The zero-order valence-electron chi connectivity index (χ0n) is 10.4. The van der Waals surface area contributed by atoms with E-state index in [-0.39, 0.29) is 4.99 Å². The second-order valence-electron chi connectivity index (χ2n) is 4.11. The third kappa shape index (κ3) is 3.92. The summed E-state index contributed by atoms with van der Waals surface area (Å²) in [5.41, 5.74) is 6.24. The topological polar surface area (TPSA) is 50.9 Å². The molecular formula is C13H9BrF3N3S. The molecule has 8 heteroatoms. The lowest BCUT2D eigenvalue weighted by Gasteiger charge is -2.12. The lowest BCUT2D eigenvalue weighted by Crippen LogP contribution is -2.12. The molecule has 1 aromatic carbocycles. The Kier molecular flexibility index (Phi) is 4.48. The number of nitrogens with zero attached hydrogens (tertiary/aromatic N) is 1. The van der Waals surface area contributed by atoms with E-state index >= 15 is 0 Å². The molecule has 0 saturated carbocycles. The molecule has 2 aromatic rings. The van der Waals surface area contributed by atoms with Crippen molar-refractivity contribution < 1.29 is 13.2 Å². The number of hydrogen-bond acceptors (Lipinski definition) is 3. The van der Waals surface area contributed by atoms with Gasteiger partial charge in [-0.1, -0.05) is 28.1 Å². The summed E-state index contributed by atoms with van der Waals surface area (Å²) in [6.45, 7) is 0. The van der Waals surface area contributed by atoms with Crippen LogP contribution in [0.25, 0.3) is 0 Å². The molecule has 0 saturated heterocycles. The number of hydrogen-bond donors (Lipinski definition) is 2. The summed E-state index contributed by atoms with van der Waals surface area (Å²) in [6, 6.07) is 7.41. The number of pyridine rings is 1. The Labute approximate surface area is 132 Å². The van der Waals surface area contributed by atoms with Crippen LogP contribution < -0.4 is 11.1 Å². The fourth-order valence-electron chi connectivity index (χ4n) is 1.63. The molecule has 0 aliphatic heterocycles. The van der Waals surface area contributed by atoms with E-state index in [2.05, 4.69) is 26.2 Å². The molecular weight excluding hydrogens is 367 g/mol. The van der Waals surface area contributed by atoms with Crippen LogP contribution >= 0.6 is 28.1 Å². The molecule has 2 rings (SSSR count). The van der Waals surface area contributed by atoms with Crippen molar-refractivity contribution in [3.8, 4) is 0 Å². The fraction of sp³-hybridized carbons (Fsp3) is 0.0769. The number of nitrogens with one attached hydrogen (secondary N) is 1. The van der Waals surface area contributed by atoms with Crippen molar-refractivity contribution in [2.24, 2.45) is 5.73 Å². The second-order valence-corrected chi connectivity index (χ2v) is 5.46. The standard InChI is InChI=1S/C13H9BrF3N3S/c14-7-1-3-9(12(18)21)10(5-7)20-8-2-4-11(19-6-8)13(15,16)17/h1-6,20H,(H2,18,21). The Hall–Kier alpha value is -1.67. The van der Waals surface area contributed by atoms with Gasteiger partial charge in [-0.15, -0.1) is 0 Å². The molecule has 1 heterocycles. The number of aromatic nitrogens is 1. The SMILES string of the molecule is NC(=S)c1ccc(Br)cc1Nc1ccc(C(F)(F)F)nc1. The van der Waals surface area contributed by atoms with Crippen LogP contribution in [0, 0.1) is 0 Å². The van der Waals surface area contributed by atoms with Crippen molar-refractivity contribution in [3.63, 3.8) is 0 Å². The van der Waals surface area contributed by atoms with Gasteiger partial charge in [0.05, 0.1) is 11.9 Å². The number of rotatable bonds is 3. The molecule has 0 fully saturated rings. The Bertz CT molecular complexity index is 671. The van der Waals surface area contributed by atoms with E-state index in [4.69, 9.17) is 18.0 Å². The van der Waals surface area contributed by atoms with Crippen molar-refractivity contribution in [1.29, 1.82) is 0 Å². The van der Waals surface area contributed by atoms with Gasteiger partial charge in [-0.3, -0.25) is 0 Å². The van der Waals surface area contributed by atoms with Crippen LogP contribution in [0.4, 0.5) is 24.5 Å². The van der Waals surface area contributed by atoms with Gasteiger partial charge in [-0.2, -0.15) is 13.2 Å². The second kappa shape index (κ2) is 5.98. The number of thiocarbonyl (C=S) groups is 1. The zero-order chi connectivity index (χ0) is 15.6. The average Bonchev–Trinajstić information content (AvgIpc) is 2.38. The van der Waals surface area contributed by atoms with E-state index in [0.29, 0.717) is 16.9 Å². The highest BCUT2D eigenvalue weighted by molar-refractivity contribution is 9.10. The van der Waals surface area contributed by atoms with E-state index in [9.17, 15) is 13.2 Å². The van der Waals surface area contributed by atoms with Crippen LogP contribution in [-0.2, 0) is 6.18 Å². The van der Waals surface area contributed by atoms with Crippen LogP contribution in [0.2, 0.25) is 0 Å². The van der Waals surface area contributed by atoms with E-state index in [1.54, 1.807) is 18.2 Å². The maximum absolute atomic E-state index is 12.4. The van der Waals surface area contributed by atoms with E-state index < -0.39 is 11.9 Å². The average molecular weight is 376 g/mol. The highest BCUT2D eigenvalue weighted by Gasteiger charge is 2.32. The lowest BCUT2D eigenvalue weighted by atomic mass is 10.1. The molecule has 21 heavy (non-hydrogen) atoms. The summed E-state index contributed by atoms with van der Waals surface area (Å²) in [4.78, 5) is 3.56. The number of nitrogens with two attached hydrogens (primary N) is 1. The first-order chi connectivity index (χ1) is 9.77. The normalized spacial score (nSPS) is 11.2. The molecule has 0 aliphatic carbocycles. The summed E-state index contributed by atoms with van der Waals surface area (Å²) in [6.07, 6.45) is -3.36. The quantitative estimate of drug-likeness (QED) is 0.787. The first kappa shape index (κ1) is 15.7. The van der Waals surface area contributed by atoms with E-state index in [1.807, 2.05) is 0 Å². The maximum Gasteiger partial charge on any atom is 0.433 e. The minimum absolute atomic E-state index is 0.185. The van der Waals surface area contributed by atoms with Gasteiger partial charge in [0.25, 0.3) is 0 Å². The molecule has 0 radical (unpaired) electrons. The Balaban J connectivity index is 2.30. The monoisotopic (exact) mass is 375 g/mol. The van der Waals surface area contributed by atoms with Gasteiger partial charge >= 0.3 is 6.18 Å². The molecule has 3 N–H and O–H groups in total. The minimum Gasteiger partial charge on any atom is -0.389 e. The predicted molar refractivity (Wildman–Crippen MR) is 82.6 cm³/mol. The number of benzene rings is 1. The van der Waals surface area contributed by atoms with Crippen molar-refractivity contribution in [2.45, 2.75) is 6.18 Å². The van der Waals surface area contributed by atoms with Crippen LogP contribution in [0.15, 0.2) is 41.0 Å². The number of halogens is 4. The highest BCUT2D eigenvalue weighted by atomic mass is 79.9. The Morgan fingerprint density at radius 1 is 1.24 bits per heavy atom. The molecule has 0 unspecified atom stereocenters. The molecule has 3 nitrogen and oxygen atoms in total. The maximum atomic E-state index is 12.4. The van der Waals surface area contributed by atoms with Crippen LogP contribution in [0.5, 0.6) is 0 Å². The van der Waals surface area contributed by atoms with Crippen LogP contribution in [-0.4, -0.2) is 9.97 Å². The van der Waals surface area contributed by atoms with Crippen molar-refractivity contribution >= 4 is 44.5 Å². The first-order valence-electron chi connectivity index (χ1n) is 5.67. The van der Waals surface area contributed by atoms with Gasteiger partial charge in [-0.05, 0) is 30.3 Å². The molecule has 1 aromatic heterocycles. The van der Waals surface area contributed by atoms with Gasteiger partial charge < -0.3 is 11.1 Å². The van der Waals surface area contributed by atoms with Gasteiger partial charge in [-0.25, -0.2) is 4.98 Å². The molecule has 0 atom stereocenters. The van der Waals surface area contributed by atoms with E-state index in [0.717, 1.165) is 16.7 Å². The van der Waals surface area contributed by atoms with E-state index in [1.165, 1.54) is 6.07 Å². The largest absolute Gasteiger partial charge is 0.433 e. The molecule has 0 amide bonds. The van der Waals surface area contributed by atoms with Crippen molar-refractivity contribution in [3.05, 3.63) is 52.3 Å². The summed E-state index contributed by atoms with van der Waals surface area (Å²) in [5, 5.41) is 2.95. The summed E-state index contributed by atoms with van der Waals surface area (Å²) in [5.74, 6) is 0. The zero-order valence-corrected chi connectivity index (χ0v) is 12.8. The summed E-state index contributed by atoms with van der Waals surface area (Å²) >= 11 is 8.24. The first-order valence-corrected chi connectivity index (χ1v) is 6.87. The van der Waals surface area contributed by atoms with Gasteiger partial charge in [0.15, 0.2) is 0 Å². The molecule has 0 aliphatic rings. The van der Waals surface area contributed by atoms with Gasteiger partial charge in [0.1, 0.15) is 10.7 Å². The minimum atomic E-state index is -4.46. The van der Waals surface area contributed by atoms with Crippen LogP contribution in [0.1, 0.15) is 11.3 Å². The Morgan fingerprint density at radius 3 is 2.48 bits per heavy atom. The molecule has 0 spiro atoms. The smallest absolute Gasteiger partial charge is 0.389 e. The predicted octanol–water partition coefficient (Wildman–Crippen LogP) is 4.24. The molecule has 0 bridgehead atoms. The summed E-state index contributed by atoms with van der Waals surface area (Å²) in [7, 11) is 0.